The Hall–Kier alpha value is -1.42. The van der Waals surface area contributed by atoms with E-state index in [4.69, 9.17) is 22.1 Å². The molecule has 0 bridgehead atoms. The van der Waals surface area contributed by atoms with E-state index < -0.39 is 0 Å². The lowest BCUT2D eigenvalue weighted by Crippen LogP contribution is -2.07. The Balaban J connectivity index is 3.10. The Labute approximate surface area is 87.0 Å². The van der Waals surface area contributed by atoms with Crippen LogP contribution in [0.1, 0.15) is 6.92 Å². The molecule has 4 nitrogen and oxygen atoms in total. The van der Waals surface area contributed by atoms with Crippen molar-refractivity contribution in [1.82, 2.24) is 0 Å². The number of carbonyl (C=O) groups excluding carboxylic acids is 1. The molecule has 0 aliphatic carbocycles. The zero-order valence-corrected chi connectivity index (χ0v) is 8.68. The van der Waals surface area contributed by atoms with Gasteiger partial charge in [0.25, 0.3) is 0 Å². The second kappa shape index (κ2) is 4.19. The van der Waals surface area contributed by atoms with Crippen LogP contribution in [0.5, 0.6) is 5.75 Å². The van der Waals surface area contributed by atoms with Gasteiger partial charge < -0.3 is 15.8 Å². The molecule has 1 rings (SSSR count). The van der Waals surface area contributed by atoms with Gasteiger partial charge in [0.2, 0.25) is 5.91 Å². The fraction of sp³-hybridized carbons (Fsp3) is 0.222. The minimum absolute atomic E-state index is 0.196. The van der Waals surface area contributed by atoms with Crippen molar-refractivity contribution in [1.29, 1.82) is 0 Å². The van der Waals surface area contributed by atoms with Crippen LogP contribution < -0.4 is 15.8 Å². The molecular formula is C9H11ClN2O2. The van der Waals surface area contributed by atoms with Gasteiger partial charge in [-0.05, 0) is 6.07 Å². The van der Waals surface area contributed by atoms with Gasteiger partial charge in [-0.3, -0.25) is 4.79 Å². The highest BCUT2D eigenvalue weighted by Crippen LogP contribution is 2.32. The van der Waals surface area contributed by atoms with E-state index in [0.29, 0.717) is 22.1 Å². The Morgan fingerprint density at radius 3 is 2.71 bits per heavy atom. The second-order valence-electron chi connectivity index (χ2n) is 2.76. The molecule has 3 N–H and O–H groups in total. The van der Waals surface area contributed by atoms with Crippen LogP contribution in [0.3, 0.4) is 0 Å². The van der Waals surface area contributed by atoms with Gasteiger partial charge >= 0.3 is 0 Å². The quantitative estimate of drug-likeness (QED) is 0.739. The van der Waals surface area contributed by atoms with Crippen LogP contribution in [0.2, 0.25) is 5.02 Å². The van der Waals surface area contributed by atoms with Crippen molar-refractivity contribution in [3.05, 3.63) is 17.2 Å². The van der Waals surface area contributed by atoms with E-state index >= 15 is 0 Å². The highest BCUT2D eigenvalue weighted by Gasteiger charge is 2.07. The number of benzene rings is 1. The fourth-order valence-corrected chi connectivity index (χ4v) is 1.25. The average molecular weight is 215 g/mol. The maximum absolute atomic E-state index is 10.8. The van der Waals surface area contributed by atoms with Gasteiger partial charge in [-0.2, -0.15) is 0 Å². The van der Waals surface area contributed by atoms with E-state index in [1.165, 1.54) is 20.1 Å². The summed E-state index contributed by atoms with van der Waals surface area (Å²) < 4.78 is 4.99. The van der Waals surface area contributed by atoms with Crippen molar-refractivity contribution in [3.63, 3.8) is 0 Å². The van der Waals surface area contributed by atoms with Crippen molar-refractivity contribution in [2.45, 2.75) is 6.92 Å². The van der Waals surface area contributed by atoms with E-state index in [9.17, 15) is 4.79 Å². The number of hydrogen-bond acceptors (Lipinski definition) is 3. The molecule has 0 unspecified atom stereocenters. The molecule has 0 saturated carbocycles. The molecule has 0 aliphatic rings. The van der Waals surface area contributed by atoms with E-state index in [-0.39, 0.29) is 5.91 Å². The summed E-state index contributed by atoms with van der Waals surface area (Å²) in [5.74, 6) is 0.289. The number of methoxy groups -OCH3 is 1. The summed E-state index contributed by atoms with van der Waals surface area (Å²) in [6.07, 6.45) is 0. The Morgan fingerprint density at radius 2 is 2.21 bits per heavy atom. The lowest BCUT2D eigenvalue weighted by molar-refractivity contribution is -0.114. The third kappa shape index (κ3) is 2.29. The smallest absolute Gasteiger partial charge is 0.221 e. The minimum Gasteiger partial charge on any atom is -0.495 e. The number of nitrogen functional groups attached to an aromatic ring is 1. The zero-order valence-electron chi connectivity index (χ0n) is 7.93. The van der Waals surface area contributed by atoms with Crippen LogP contribution in [-0.2, 0) is 4.79 Å². The highest BCUT2D eigenvalue weighted by molar-refractivity contribution is 6.34. The molecule has 1 amide bonds. The summed E-state index contributed by atoms with van der Waals surface area (Å²) >= 11 is 5.85. The molecule has 0 aromatic heterocycles. The van der Waals surface area contributed by atoms with Crippen molar-refractivity contribution in [2.75, 3.05) is 18.2 Å². The first-order chi connectivity index (χ1) is 6.54. The number of ether oxygens (including phenoxy) is 1. The molecule has 0 aliphatic heterocycles. The van der Waals surface area contributed by atoms with Gasteiger partial charge in [-0.1, -0.05) is 11.6 Å². The van der Waals surface area contributed by atoms with E-state index in [0.717, 1.165) is 0 Å². The molecule has 14 heavy (non-hydrogen) atoms. The molecule has 1 aromatic carbocycles. The predicted octanol–water partition coefficient (Wildman–Crippen LogP) is 1.89. The van der Waals surface area contributed by atoms with Crippen LogP contribution >= 0.6 is 11.6 Å². The molecule has 1 aromatic rings. The van der Waals surface area contributed by atoms with Crippen LogP contribution in [0, 0.1) is 0 Å². The molecule has 0 saturated heterocycles. The van der Waals surface area contributed by atoms with Gasteiger partial charge in [-0.15, -0.1) is 0 Å². The minimum atomic E-state index is -0.196. The molecule has 0 spiro atoms. The number of nitrogens with two attached hydrogens (primary N) is 1. The lowest BCUT2D eigenvalue weighted by atomic mass is 10.2. The third-order valence-corrected chi connectivity index (χ3v) is 1.94. The van der Waals surface area contributed by atoms with Gasteiger partial charge in [0.15, 0.2) is 0 Å². The molecular weight excluding hydrogens is 204 g/mol. The largest absolute Gasteiger partial charge is 0.495 e. The van der Waals surface area contributed by atoms with Crippen molar-refractivity contribution >= 4 is 28.9 Å². The standard InChI is InChI=1S/C9H11ClN2O2/c1-5(13)12-8-4-9(14-2)7(11)3-6(8)10/h3-4H,11H2,1-2H3,(H,12,13). The summed E-state index contributed by atoms with van der Waals surface area (Å²) in [7, 11) is 1.50. The monoisotopic (exact) mass is 214 g/mol. The van der Waals surface area contributed by atoms with Gasteiger partial charge in [0.05, 0.1) is 23.5 Å². The van der Waals surface area contributed by atoms with E-state index in [1.54, 1.807) is 6.07 Å². The number of nitrogens with one attached hydrogen (secondary N) is 1. The molecule has 0 radical (unpaired) electrons. The Morgan fingerprint density at radius 1 is 1.57 bits per heavy atom. The summed E-state index contributed by atoms with van der Waals surface area (Å²) in [6, 6.07) is 3.12. The van der Waals surface area contributed by atoms with Crippen molar-refractivity contribution in [2.24, 2.45) is 0 Å². The summed E-state index contributed by atoms with van der Waals surface area (Å²) in [4.78, 5) is 10.8. The van der Waals surface area contributed by atoms with Gasteiger partial charge in [-0.25, -0.2) is 0 Å². The summed E-state index contributed by atoms with van der Waals surface area (Å²) in [5, 5.41) is 2.96. The lowest BCUT2D eigenvalue weighted by Gasteiger charge is -2.09. The first-order valence-corrected chi connectivity index (χ1v) is 4.33. The maximum atomic E-state index is 10.8. The Kier molecular flexibility index (Phi) is 3.19. The molecule has 0 heterocycles. The SMILES string of the molecule is COc1cc(NC(C)=O)c(Cl)cc1N. The number of rotatable bonds is 2. The van der Waals surface area contributed by atoms with Gasteiger partial charge in [0.1, 0.15) is 5.75 Å². The number of halogens is 1. The first kappa shape index (κ1) is 10.7. The van der Waals surface area contributed by atoms with E-state index in [2.05, 4.69) is 5.32 Å². The van der Waals surface area contributed by atoms with E-state index in [1.807, 2.05) is 0 Å². The molecule has 76 valence electrons. The molecule has 0 atom stereocenters. The number of anilines is 2. The molecule has 5 heteroatoms. The molecule has 0 fully saturated rings. The zero-order chi connectivity index (χ0) is 10.7. The Bertz CT molecular complexity index is 366. The first-order valence-electron chi connectivity index (χ1n) is 3.95. The topological polar surface area (TPSA) is 64.3 Å². The third-order valence-electron chi connectivity index (χ3n) is 1.63. The highest BCUT2D eigenvalue weighted by atomic mass is 35.5. The fourth-order valence-electron chi connectivity index (χ4n) is 1.03. The maximum Gasteiger partial charge on any atom is 0.221 e. The number of carbonyl (C=O) groups is 1. The summed E-state index contributed by atoms with van der Waals surface area (Å²) in [6.45, 7) is 1.40. The predicted molar refractivity (Wildman–Crippen MR) is 56.7 cm³/mol. The normalized spacial score (nSPS) is 9.64. The average Bonchev–Trinajstić information content (AvgIpc) is 2.09. The van der Waals surface area contributed by atoms with Crippen LogP contribution in [0.4, 0.5) is 11.4 Å². The number of hydrogen-bond donors (Lipinski definition) is 2. The van der Waals surface area contributed by atoms with Crippen molar-refractivity contribution in [3.8, 4) is 5.75 Å². The second-order valence-corrected chi connectivity index (χ2v) is 3.16. The van der Waals surface area contributed by atoms with Crippen molar-refractivity contribution < 1.29 is 9.53 Å². The van der Waals surface area contributed by atoms with Gasteiger partial charge in [0, 0.05) is 13.0 Å². The summed E-state index contributed by atoms with van der Waals surface area (Å²) in [5.41, 5.74) is 6.54. The number of amides is 1. The van der Waals surface area contributed by atoms with Crippen LogP contribution in [-0.4, -0.2) is 13.0 Å². The van der Waals surface area contributed by atoms with Crippen LogP contribution in [0.15, 0.2) is 12.1 Å². The van der Waals surface area contributed by atoms with Crippen LogP contribution in [0.25, 0.3) is 0 Å².